The number of thiophene rings is 1. The Labute approximate surface area is 118 Å². The van der Waals surface area contributed by atoms with E-state index in [1.165, 1.54) is 0 Å². The fraction of sp³-hybridized carbons (Fsp3) is 0.538. The van der Waals surface area contributed by atoms with Crippen LogP contribution in [0.2, 0.25) is 0 Å². The Morgan fingerprint density at radius 2 is 2.17 bits per heavy atom. The zero-order valence-corrected chi connectivity index (χ0v) is 12.7. The van der Waals surface area contributed by atoms with Gasteiger partial charge in [0.15, 0.2) is 0 Å². The van der Waals surface area contributed by atoms with Crippen LogP contribution in [0.15, 0.2) is 16.8 Å². The van der Waals surface area contributed by atoms with E-state index in [1.807, 2.05) is 37.6 Å². The van der Waals surface area contributed by atoms with Crippen LogP contribution in [0, 0.1) is 5.41 Å². The third-order valence-corrected chi connectivity index (χ3v) is 4.60. The van der Waals surface area contributed by atoms with Crippen LogP contribution < -0.4 is 11.1 Å². The monoisotopic (exact) mass is 284 g/mol. The lowest BCUT2D eigenvalue weighted by Crippen LogP contribution is -2.48. The average Bonchev–Trinajstić information content (AvgIpc) is 2.84. The molecule has 0 aliphatic heterocycles. The molecule has 0 aliphatic carbocycles. The van der Waals surface area contributed by atoms with E-state index in [0.29, 0.717) is 12.8 Å². The molecule has 0 saturated carbocycles. The van der Waals surface area contributed by atoms with Gasteiger partial charge in [-0.15, -0.1) is 0 Å². The fourth-order valence-electron chi connectivity index (χ4n) is 1.97. The SMILES string of the molecule is CCC(CC)(C(=O)NC(C)c1ccsc1)C(N)=S. The highest BCUT2D eigenvalue weighted by molar-refractivity contribution is 7.80. The molecule has 1 amide bonds. The summed E-state index contributed by atoms with van der Waals surface area (Å²) in [5.74, 6) is -0.0706. The molecule has 3 nitrogen and oxygen atoms in total. The zero-order valence-electron chi connectivity index (χ0n) is 11.0. The van der Waals surface area contributed by atoms with Crippen molar-refractivity contribution in [1.29, 1.82) is 0 Å². The van der Waals surface area contributed by atoms with Crippen LogP contribution >= 0.6 is 23.6 Å². The summed E-state index contributed by atoms with van der Waals surface area (Å²) in [7, 11) is 0. The largest absolute Gasteiger partial charge is 0.392 e. The molecule has 1 rings (SSSR count). The van der Waals surface area contributed by atoms with Gasteiger partial charge >= 0.3 is 0 Å². The lowest BCUT2D eigenvalue weighted by atomic mass is 9.81. The van der Waals surface area contributed by atoms with Crippen LogP contribution in [0.1, 0.15) is 45.2 Å². The molecule has 0 saturated heterocycles. The predicted molar refractivity (Wildman–Crippen MR) is 80.7 cm³/mol. The van der Waals surface area contributed by atoms with Crippen molar-refractivity contribution in [3.8, 4) is 0 Å². The number of hydrogen-bond acceptors (Lipinski definition) is 3. The van der Waals surface area contributed by atoms with Crippen LogP contribution in [-0.2, 0) is 4.79 Å². The minimum Gasteiger partial charge on any atom is -0.392 e. The Morgan fingerprint density at radius 3 is 2.56 bits per heavy atom. The van der Waals surface area contributed by atoms with E-state index in [-0.39, 0.29) is 16.9 Å². The summed E-state index contributed by atoms with van der Waals surface area (Å²) in [6, 6.07) is 1.99. The van der Waals surface area contributed by atoms with Gasteiger partial charge in [0.2, 0.25) is 5.91 Å². The third-order valence-electron chi connectivity index (χ3n) is 3.50. The quantitative estimate of drug-likeness (QED) is 0.790. The van der Waals surface area contributed by atoms with Crippen molar-refractivity contribution in [3.05, 3.63) is 22.4 Å². The molecule has 0 aliphatic rings. The number of hydrogen-bond donors (Lipinski definition) is 2. The number of carbonyl (C=O) groups is 1. The van der Waals surface area contributed by atoms with E-state index >= 15 is 0 Å². The highest BCUT2D eigenvalue weighted by Gasteiger charge is 2.38. The smallest absolute Gasteiger partial charge is 0.233 e. The van der Waals surface area contributed by atoms with Crippen LogP contribution in [-0.4, -0.2) is 10.9 Å². The summed E-state index contributed by atoms with van der Waals surface area (Å²) in [6.07, 6.45) is 1.25. The van der Waals surface area contributed by atoms with E-state index in [9.17, 15) is 4.79 Å². The summed E-state index contributed by atoms with van der Waals surface area (Å²) >= 11 is 6.69. The first kappa shape index (κ1) is 15.1. The number of nitrogens with two attached hydrogens (primary N) is 1. The van der Waals surface area contributed by atoms with Gasteiger partial charge in [-0.25, -0.2) is 0 Å². The van der Waals surface area contributed by atoms with Crippen LogP contribution in [0.3, 0.4) is 0 Å². The molecule has 0 bridgehead atoms. The maximum atomic E-state index is 12.4. The van der Waals surface area contributed by atoms with Crippen molar-refractivity contribution in [2.75, 3.05) is 0 Å². The van der Waals surface area contributed by atoms with Crippen molar-refractivity contribution >= 4 is 34.5 Å². The Bertz CT molecular complexity index is 411. The topological polar surface area (TPSA) is 55.1 Å². The minimum atomic E-state index is -0.723. The maximum absolute atomic E-state index is 12.4. The number of carbonyl (C=O) groups excluding carboxylic acids is 1. The first-order valence-electron chi connectivity index (χ1n) is 6.11. The predicted octanol–water partition coefficient (Wildman–Crippen LogP) is 3.02. The molecule has 1 aromatic rings. The Balaban J connectivity index is 2.83. The summed E-state index contributed by atoms with van der Waals surface area (Å²) < 4.78 is 0. The van der Waals surface area contributed by atoms with Gasteiger partial charge in [-0.05, 0) is 42.2 Å². The van der Waals surface area contributed by atoms with Gasteiger partial charge < -0.3 is 11.1 Å². The zero-order chi connectivity index (χ0) is 13.8. The lowest BCUT2D eigenvalue weighted by molar-refractivity contribution is -0.128. The van der Waals surface area contributed by atoms with E-state index in [0.717, 1.165) is 5.56 Å². The molecule has 1 heterocycles. The number of amides is 1. The van der Waals surface area contributed by atoms with E-state index in [4.69, 9.17) is 18.0 Å². The summed E-state index contributed by atoms with van der Waals surface area (Å²) in [5.41, 5.74) is 6.15. The number of rotatable bonds is 6. The maximum Gasteiger partial charge on any atom is 0.233 e. The first-order chi connectivity index (χ1) is 8.47. The molecule has 0 fully saturated rings. The van der Waals surface area contributed by atoms with Crippen molar-refractivity contribution in [2.24, 2.45) is 11.1 Å². The first-order valence-corrected chi connectivity index (χ1v) is 7.46. The van der Waals surface area contributed by atoms with Crippen LogP contribution in [0.5, 0.6) is 0 Å². The van der Waals surface area contributed by atoms with Crippen molar-refractivity contribution in [1.82, 2.24) is 5.32 Å². The number of nitrogens with one attached hydrogen (secondary N) is 1. The molecule has 0 radical (unpaired) electrons. The molecular weight excluding hydrogens is 264 g/mol. The van der Waals surface area contributed by atoms with Gasteiger partial charge in [0, 0.05) is 0 Å². The van der Waals surface area contributed by atoms with E-state index in [1.54, 1.807) is 11.3 Å². The van der Waals surface area contributed by atoms with Gasteiger partial charge in [0.1, 0.15) is 0 Å². The second-order valence-electron chi connectivity index (χ2n) is 4.41. The highest BCUT2D eigenvalue weighted by atomic mass is 32.1. The summed E-state index contributed by atoms with van der Waals surface area (Å²) in [5, 5.41) is 7.04. The van der Waals surface area contributed by atoms with Gasteiger partial charge in [-0.2, -0.15) is 11.3 Å². The van der Waals surface area contributed by atoms with Crippen molar-refractivity contribution in [2.45, 2.75) is 39.7 Å². The Hall–Kier alpha value is -0.940. The molecular formula is C13H20N2OS2. The Morgan fingerprint density at radius 1 is 1.56 bits per heavy atom. The normalized spacial score (nSPS) is 13.1. The molecule has 3 N–H and O–H groups in total. The van der Waals surface area contributed by atoms with E-state index in [2.05, 4.69) is 5.32 Å². The fourth-order valence-corrected chi connectivity index (χ4v) is 3.11. The molecule has 1 unspecified atom stereocenters. The molecule has 1 aromatic heterocycles. The van der Waals surface area contributed by atoms with Crippen LogP contribution in [0.4, 0.5) is 0 Å². The molecule has 0 spiro atoms. The number of thiocarbonyl (C=S) groups is 1. The van der Waals surface area contributed by atoms with E-state index < -0.39 is 5.41 Å². The summed E-state index contributed by atoms with van der Waals surface area (Å²) in [6.45, 7) is 5.85. The molecule has 5 heteroatoms. The van der Waals surface area contributed by atoms with Gasteiger partial charge in [0.25, 0.3) is 0 Å². The second kappa shape index (κ2) is 6.29. The third kappa shape index (κ3) is 2.90. The lowest BCUT2D eigenvalue weighted by Gasteiger charge is -2.30. The van der Waals surface area contributed by atoms with Crippen molar-refractivity contribution < 1.29 is 4.79 Å². The standard InChI is InChI=1S/C13H20N2OS2/c1-4-13(5-2,11(14)17)12(16)15-9(3)10-6-7-18-8-10/h6-9H,4-5H2,1-3H3,(H2,14,17)(H,15,16). The molecule has 100 valence electrons. The van der Waals surface area contributed by atoms with Gasteiger partial charge in [-0.3, -0.25) is 4.79 Å². The molecule has 18 heavy (non-hydrogen) atoms. The Kier molecular flexibility index (Phi) is 5.28. The molecule has 1 atom stereocenters. The highest BCUT2D eigenvalue weighted by Crippen LogP contribution is 2.28. The van der Waals surface area contributed by atoms with Gasteiger partial charge in [0.05, 0.1) is 16.4 Å². The minimum absolute atomic E-state index is 0.0180. The van der Waals surface area contributed by atoms with Crippen molar-refractivity contribution in [3.63, 3.8) is 0 Å². The summed E-state index contributed by atoms with van der Waals surface area (Å²) in [4.78, 5) is 12.7. The van der Waals surface area contributed by atoms with Crippen LogP contribution in [0.25, 0.3) is 0 Å². The average molecular weight is 284 g/mol. The van der Waals surface area contributed by atoms with Gasteiger partial charge in [-0.1, -0.05) is 26.1 Å². The molecule has 0 aromatic carbocycles. The second-order valence-corrected chi connectivity index (χ2v) is 5.63.